The molecule has 0 radical (unpaired) electrons. The molecule has 0 aromatic heterocycles. The number of hydrogen-bond acceptors (Lipinski definition) is 2. The second kappa shape index (κ2) is 5.55. The minimum atomic E-state index is 0.858. The molecule has 1 fully saturated rings. The highest BCUT2D eigenvalue weighted by atomic mass is 15.2. The summed E-state index contributed by atoms with van der Waals surface area (Å²) in [5.74, 6) is 0. The summed E-state index contributed by atoms with van der Waals surface area (Å²) in [5.41, 5.74) is 0. The van der Waals surface area contributed by atoms with Gasteiger partial charge in [0.2, 0.25) is 0 Å². The Kier molecular flexibility index (Phi) is 4.62. The molecule has 0 aromatic carbocycles. The van der Waals surface area contributed by atoms with Crippen molar-refractivity contribution in [3.05, 3.63) is 0 Å². The van der Waals surface area contributed by atoms with E-state index in [-0.39, 0.29) is 0 Å². The molecule has 0 saturated carbocycles. The van der Waals surface area contributed by atoms with Crippen LogP contribution < -0.4 is 5.32 Å². The number of likely N-dealkylation sites (tertiary alicyclic amines) is 1. The van der Waals surface area contributed by atoms with Crippen LogP contribution >= 0.6 is 0 Å². The highest BCUT2D eigenvalue weighted by Crippen LogP contribution is 2.18. The molecule has 1 aliphatic heterocycles. The van der Waals surface area contributed by atoms with E-state index in [2.05, 4.69) is 17.1 Å². The van der Waals surface area contributed by atoms with E-state index in [0.717, 1.165) is 6.04 Å². The summed E-state index contributed by atoms with van der Waals surface area (Å²) in [7, 11) is 2.04. The molecule has 1 aliphatic rings. The number of nitrogens with one attached hydrogen (secondary N) is 1. The zero-order valence-corrected chi connectivity index (χ0v) is 8.47. The maximum absolute atomic E-state index is 3.23. The highest BCUT2D eigenvalue weighted by Gasteiger charge is 2.19. The van der Waals surface area contributed by atoms with Gasteiger partial charge in [0.25, 0.3) is 0 Å². The van der Waals surface area contributed by atoms with Crippen LogP contribution in [0.5, 0.6) is 0 Å². The lowest BCUT2D eigenvalue weighted by atomic mass is 9.99. The number of nitrogens with zero attached hydrogens (tertiary/aromatic N) is 1. The van der Waals surface area contributed by atoms with E-state index in [0.29, 0.717) is 0 Å². The van der Waals surface area contributed by atoms with Crippen LogP contribution in [0.2, 0.25) is 0 Å². The van der Waals surface area contributed by atoms with Crippen molar-refractivity contribution >= 4 is 0 Å². The fourth-order valence-electron chi connectivity index (χ4n) is 2.11. The zero-order valence-electron chi connectivity index (χ0n) is 8.47. The van der Waals surface area contributed by atoms with E-state index in [1.807, 2.05) is 7.05 Å². The summed E-state index contributed by atoms with van der Waals surface area (Å²) >= 11 is 0. The van der Waals surface area contributed by atoms with Crippen LogP contribution in [0.1, 0.15) is 32.6 Å². The minimum absolute atomic E-state index is 0.858. The smallest absolute Gasteiger partial charge is 0.0107 e. The topological polar surface area (TPSA) is 15.3 Å². The SMILES string of the molecule is CCN1CCCCC1CCNC. The van der Waals surface area contributed by atoms with Crippen LogP contribution in [0.25, 0.3) is 0 Å². The molecule has 1 heterocycles. The fraction of sp³-hybridized carbons (Fsp3) is 1.00. The largest absolute Gasteiger partial charge is 0.320 e. The van der Waals surface area contributed by atoms with Gasteiger partial charge in [-0.2, -0.15) is 0 Å². The Morgan fingerprint density at radius 3 is 2.92 bits per heavy atom. The highest BCUT2D eigenvalue weighted by molar-refractivity contribution is 4.76. The molecule has 0 aromatic rings. The number of piperidine rings is 1. The third-order valence-electron chi connectivity index (χ3n) is 2.88. The molecular weight excluding hydrogens is 148 g/mol. The molecule has 72 valence electrons. The van der Waals surface area contributed by atoms with Gasteiger partial charge in [-0.25, -0.2) is 0 Å². The lowest BCUT2D eigenvalue weighted by molar-refractivity contribution is 0.148. The summed E-state index contributed by atoms with van der Waals surface area (Å²) in [6, 6.07) is 0.858. The van der Waals surface area contributed by atoms with Gasteiger partial charge in [0.15, 0.2) is 0 Å². The monoisotopic (exact) mass is 170 g/mol. The van der Waals surface area contributed by atoms with Gasteiger partial charge >= 0.3 is 0 Å². The van der Waals surface area contributed by atoms with E-state index in [4.69, 9.17) is 0 Å². The first-order valence-electron chi connectivity index (χ1n) is 5.27. The van der Waals surface area contributed by atoms with Crippen molar-refractivity contribution in [2.45, 2.75) is 38.6 Å². The quantitative estimate of drug-likeness (QED) is 0.687. The van der Waals surface area contributed by atoms with Crippen LogP contribution in [0.4, 0.5) is 0 Å². The van der Waals surface area contributed by atoms with Crippen molar-refractivity contribution in [1.82, 2.24) is 10.2 Å². The molecule has 12 heavy (non-hydrogen) atoms. The molecule has 0 amide bonds. The number of hydrogen-bond donors (Lipinski definition) is 1. The van der Waals surface area contributed by atoms with Gasteiger partial charge in [0, 0.05) is 6.04 Å². The van der Waals surface area contributed by atoms with Crippen molar-refractivity contribution in [2.24, 2.45) is 0 Å². The van der Waals surface area contributed by atoms with E-state index in [9.17, 15) is 0 Å². The molecule has 0 spiro atoms. The molecule has 2 nitrogen and oxygen atoms in total. The minimum Gasteiger partial charge on any atom is -0.320 e. The predicted molar refractivity (Wildman–Crippen MR) is 53.4 cm³/mol. The average molecular weight is 170 g/mol. The van der Waals surface area contributed by atoms with Crippen LogP contribution in [0.15, 0.2) is 0 Å². The lowest BCUT2D eigenvalue weighted by Gasteiger charge is -2.34. The molecule has 0 aliphatic carbocycles. The first kappa shape index (κ1) is 10.0. The van der Waals surface area contributed by atoms with Gasteiger partial charge in [-0.3, -0.25) is 0 Å². The summed E-state index contributed by atoms with van der Waals surface area (Å²) in [6.07, 6.45) is 5.58. The van der Waals surface area contributed by atoms with Crippen molar-refractivity contribution in [3.63, 3.8) is 0 Å². The Balaban J connectivity index is 2.26. The molecule has 2 heteroatoms. The van der Waals surface area contributed by atoms with E-state index >= 15 is 0 Å². The Morgan fingerprint density at radius 2 is 2.25 bits per heavy atom. The van der Waals surface area contributed by atoms with Crippen LogP contribution in [-0.2, 0) is 0 Å². The van der Waals surface area contributed by atoms with Gasteiger partial charge in [-0.1, -0.05) is 13.3 Å². The van der Waals surface area contributed by atoms with Gasteiger partial charge in [0.1, 0.15) is 0 Å². The summed E-state index contributed by atoms with van der Waals surface area (Å²) in [5, 5.41) is 3.23. The molecular formula is C10H22N2. The van der Waals surface area contributed by atoms with Crippen LogP contribution in [0.3, 0.4) is 0 Å². The zero-order chi connectivity index (χ0) is 8.81. The Labute approximate surface area is 76.3 Å². The first-order valence-corrected chi connectivity index (χ1v) is 5.27. The first-order chi connectivity index (χ1) is 5.88. The van der Waals surface area contributed by atoms with Crippen LogP contribution in [-0.4, -0.2) is 37.6 Å². The Morgan fingerprint density at radius 1 is 1.42 bits per heavy atom. The summed E-state index contributed by atoms with van der Waals surface area (Å²) in [4.78, 5) is 2.63. The van der Waals surface area contributed by atoms with Gasteiger partial charge in [0.05, 0.1) is 0 Å². The van der Waals surface area contributed by atoms with Crippen molar-refractivity contribution in [2.75, 3.05) is 26.7 Å². The Hall–Kier alpha value is -0.0800. The molecule has 1 atom stereocenters. The second-order valence-corrected chi connectivity index (χ2v) is 3.67. The van der Waals surface area contributed by atoms with Crippen molar-refractivity contribution in [3.8, 4) is 0 Å². The summed E-state index contributed by atoms with van der Waals surface area (Å²) < 4.78 is 0. The average Bonchev–Trinajstić information content (AvgIpc) is 2.15. The second-order valence-electron chi connectivity index (χ2n) is 3.67. The van der Waals surface area contributed by atoms with Crippen molar-refractivity contribution in [1.29, 1.82) is 0 Å². The molecule has 1 saturated heterocycles. The van der Waals surface area contributed by atoms with E-state index < -0.39 is 0 Å². The van der Waals surface area contributed by atoms with Gasteiger partial charge in [-0.05, 0) is 45.9 Å². The molecule has 0 bridgehead atoms. The Bertz CT molecular complexity index is 114. The predicted octanol–water partition coefficient (Wildman–Crippen LogP) is 1.47. The molecule has 1 unspecified atom stereocenters. The summed E-state index contributed by atoms with van der Waals surface area (Å²) in [6.45, 7) is 6.00. The number of rotatable bonds is 4. The molecule has 1 N–H and O–H groups in total. The third kappa shape index (κ3) is 2.76. The third-order valence-corrected chi connectivity index (χ3v) is 2.88. The normalized spacial score (nSPS) is 26.0. The van der Waals surface area contributed by atoms with E-state index in [1.54, 1.807) is 0 Å². The van der Waals surface area contributed by atoms with Crippen molar-refractivity contribution < 1.29 is 0 Å². The van der Waals surface area contributed by atoms with Gasteiger partial charge < -0.3 is 10.2 Å². The molecule has 1 rings (SSSR count). The standard InChI is InChI=1S/C10H22N2/c1-3-12-9-5-4-6-10(12)7-8-11-2/h10-11H,3-9H2,1-2H3. The fourth-order valence-corrected chi connectivity index (χ4v) is 2.11. The maximum Gasteiger partial charge on any atom is 0.0107 e. The lowest BCUT2D eigenvalue weighted by Crippen LogP contribution is -2.40. The van der Waals surface area contributed by atoms with Crippen LogP contribution in [0, 0.1) is 0 Å². The maximum atomic E-state index is 3.23. The van der Waals surface area contributed by atoms with E-state index in [1.165, 1.54) is 45.3 Å². The van der Waals surface area contributed by atoms with Gasteiger partial charge in [-0.15, -0.1) is 0 Å².